The molecule has 1 N–H and O–H groups in total. The second-order valence-electron chi connectivity index (χ2n) is 5.31. The number of benzene rings is 2. The van der Waals surface area contributed by atoms with Crippen LogP contribution in [0.3, 0.4) is 0 Å². The number of hydrogen-bond acceptors (Lipinski definition) is 2. The fraction of sp³-hybridized carbons (Fsp3) is 0.368. The standard InChI is InChI=1S/C19H25NO/c1-4-6-14-21-19-17(15(3)20-13-5-2)12-11-16-9-7-8-10-18(16)19/h4,7-12,15,20H,1,5-6,13-14H2,2-3H3. The maximum atomic E-state index is 6.08. The van der Waals surface area contributed by atoms with E-state index in [1.54, 1.807) is 0 Å². The van der Waals surface area contributed by atoms with Crippen molar-refractivity contribution >= 4 is 10.8 Å². The van der Waals surface area contributed by atoms with E-state index in [-0.39, 0.29) is 6.04 Å². The molecule has 0 radical (unpaired) electrons. The SMILES string of the molecule is C=CCCOc1c(C(C)NCCC)ccc2ccccc12. The highest BCUT2D eigenvalue weighted by Gasteiger charge is 2.14. The topological polar surface area (TPSA) is 21.3 Å². The summed E-state index contributed by atoms with van der Waals surface area (Å²) in [5.74, 6) is 1.01. The van der Waals surface area contributed by atoms with Gasteiger partial charge < -0.3 is 10.1 Å². The molecule has 21 heavy (non-hydrogen) atoms. The molecule has 0 spiro atoms. The molecule has 0 aliphatic rings. The van der Waals surface area contributed by atoms with Crippen LogP contribution in [0, 0.1) is 0 Å². The molecule has 2 aromatic carbocycles. The van der Waals surface area contributed by atoms with Crippen LogP contribution in [-0.2, 0) is 0 Å². The Labute approximate surface area is 127 Å². The molecule has 0 fully saturated rings. The number of rotatable bonds is 8. The third-order valence-electron chi connectivity index (χ3n) is 3.65. The van der Waals surface area contributed by atoms with Gasteiger partial charge >= 0.3 is 0 Å². The molecule has 2 aromatic rings. The minimum Gasteiger partial charge on any atom is -0.492 e. The zero-order valence-electron chi connectivity index (χ0n) is 13.1. The van der Waals surface area contributed by atoms with Gasteiger partial charge in [-0.1, -0.05) is 49.4 Å². The van der Waals surface area contributed by atoms with Crippen LogP contribution in [0.2, 0.25) is 0 Å². The number of hydrogen-bond donors (Lipinski definition) is 1. The van der Waals surface area contributed by atoms with E-state index >= 15 is 0 Å². The molecule has 0 heterocycles. The molecular formula is C19H25NO. The zero-order valence-corrected chi connectivity index (χ0v) is 13.1. The second kappa shape index (κ2) is 7.84. The minimum absolute atomic E-state index is 0.285. The van der Waals surface area contributed by atoms with Crippen molar-refractivity contribution in [2.24, 2.45) is 0 Å². The average molecular weight is 283 g/mol. The lowest BCUT2D eigenvalue weighted by molar-refractivity contribution is 0.322. The largest absolute Gasteiger partial charge is 0.492 e. The first-order chi connectivity index (χ1) is 10.3. The van der Waals surface area contributed by atoms with E-state index in [4.69, 9.17) is 4.74 Å². The van der Waals surface area contributed by atoms with Crippen molar-refractivity contribution in [1.29, 1.82) is 0 Å². The van der Waals surface area contributed by atoms with Gasteiger partial charge in [-0.25, -0.2) is 0 Å². The molecule has 0 amide bonds. The van der Waals surface area contributed by atoms with Crippen LogP contribution in [0.1, 0.15) is 38.3 Å². The van der Waals surface area contributed by atoms with Crippen molar-refractivity contribution in [1.82, 2.24) is 5.32 Å². The van der Waals surface area contributed by atoms with Gasteiger partial charge in [0.05, 0.1) is 6.61 Å². The monoisotopic (exact) mass is 283 g/mol. The highest BCUT2D eigenvalue weighted by Crippen LogP contribution is 2.33. The van der Waals surface area contributed by atoms with E-state index in [0.29, 0.717) is 6.61 Å². The summed E-state index contributed by atoms with van der Waals surface area (Å²) in [7, 11) is 0. The van der Waals surface area contributed by atoms with Crippen LogP contribution in [0.5, 0.6) is 5.75 Å². The summed E-state index contributed by atoms with van der Waals surface area (Å²) in [6.07, 6.45) is 3.88. The van der Waals surface area contributed by atoms with E-state index in [9.17, 15) is 0 Å². The van der Waals surface area contributed by atoms with Crippen molar-refractivity contribution in [3.8, 4) is 5.75 Å². The predicted molar refractivity (Wildman–Crippen MR) is 91.0 cm³/mol. The van der Waals surface area contributed by atoms with Gasteiger partial charge in [0, 0.05) is 17.0 Å². The summed E-state index contributed by atoms with van der Waals surface area (Å²) in [6.45, 7) is 9.82. The molecule has 0 aliphatic carbocycles. The van der Waals surface area contributed by atoms with Crippen LogP contribution in [-0.4, -0.2) is 13.2 Å². The number of fused-ring (bicyclic) bond motifs is 1. The Morgan fingerprint density at radius 3 is 2.81 bits per heavy atom. The summed E-state index contributed by atoms with van der Waals surface area (Å²) in [6, 6.07) is 13.0. The summed E-state index contributed by atoms with van der Waals surface area (Å²) in [5, 5.41) is 5.95. The van der Waals surface area contributed by atoms with Crippen molar-refractivity contribution in [2.45, 2.75) is 32.7 Å². The van der Waals surface area contributed by atoms with Gasteiger partial charge in [-0.15, -0.1) is 6.58 Å². The summed E-state index contributed by atoms with van der Waals surface area (Å²) in [4.78, 5) is 0. The zero-order chi connectivity index (χ0) is 15.1. The first-order valence-corrected chi connectivity index (χ1v) is 7.76. The van der Waals surface area contributed by atoms with E-state index in [1.807, 2.05) is 6.08 Å². The third-order valence-corrected chi connectivity index (χ3v) is 3.65. The van der Waals surface area contributed by atoms with Gasteiger partial charge in [-0.05, 0) is 31.7 Å². The number of nitrogens with one attached hydrogen (secondary N) is 1. The van der Waals surface area contributed by atoms with Gasteiger partial charge in [0.15, 0.2) is 0 Å². The van der Waals surface area contributed by atoms with Gasteiger partial charge in [0.25, 0.3) is 0 Å². The lowest BCUT2D eigenvalue weighted by Gasteiger charge is -2.20. The highest BCUT2D eigenvalue weighted by atomic mass is 16.5. The molecule has 0 saturated carbocycles. The smallest absolute Gasteiger partial charge is 0.131 e. The summed E-state index contributed by atoms with van der Waals surface area (Å²) < 4.78 is 6.08. The second-order valence-corrected chi connectivity index (χ2v) is 5.31. The van der Waals surface area contributed by atoms with Crippen LogP contribution in [0.4, 0.5) is 0 Å². The predicted octanol–water partition coefficient (Wildman–Crippen LogP) is 4.86. The van der Waals surface area contributed by atoms with Gasteiger partial charge in [-0.3, -0.25) is 0 Å². The van der Waals surface area contributed by atoms with Gasteiger partial charge in [0.1, 0.15) is 5.75 Å². The average Bonchev–Trinajstić information content (AvgIpc) is 2.52. The Hall–Kier alpha value is -1.80. The molecule has 0 aromatic heterocycles. The van der Waals surface area contributed by atoms with Crippen LogP contribution >= 0.6 is 0 Å². The van der Waals surface area contributed by atoms with Crippen molar-refractivity contribution < 1.29 is 4.74 Å². The number of ether oxygens (including phenoxy) is 1. The maximum absolute atomic E-state index is 6.08. The summed E-state index contributed by atoms with van der Waals surface area (Å²) in [5.41, 5.74) is 1.23. The Balaban J connectivity index is 2.37. The Morgan fingerprint density at radius 1 is 1.24 bits per heavy atom. The van der Waals surface area contributed by atoms with Crippen LogP contribution in [0.15, 0.2) is 49.1 Å². The van der Waals surface area contributed by atoms with Gasteiger partial charge in [0.2, 0.25) is 0 Å². The Morgan fingerprint density at radius 2 is 2.05 bits per heavy atom. The molecule has 1 atom stereocenters. The molecular weight excluding hydrogens is 258 g/mol. The molecule has 0 saturated heterocycles. The molecule has 1 unspecified atom stereocenters. The lowest BCUT2D eigenvalue weighted by Crippen LogP contribution is -2.20. The van der Waals surface area contributed by atoms with Crippen LogP contribution < -0.4 is 10.1 Å². The summed E-state index contributed by atoms with van der Waals surface area (Å²) >= 11 is 0. The Kier molecular flexibility index (Phi) is 5.82. The molecule has 0 aliphatic heterocycles. The molecule has 0 bridgehead atoms. The van der Waals surface area contributed by atoms with Crippen molar-refractivity contribution in [2.75, 3.05) is 13.2 Å². The van der Waals surface area contributed by atoms with E-state index in [1.165, 1.54) is 16.3 Å². The van der Waals surface area contributed by atoms with E-state index in [0.717, 1.165) is 25.1 Å². The fourth-order valence-electron chi connectivity index (χ4n) is 2.48. The first kappa shape index (κ1) is 15.6. The highest BCUT2D eigenvalue weighted by molar-refractivity contribution is 5.89. The van der Waals surface area contributed by atoms with E-state index in [2.05, 4.69) is 62.1 Å². The van der Waals surface area contributed by atoms with Crippen molar-refractivity contribution in [3.63, 3.8) is 0 Å². The Bertz CT molecular complexity index is 591. The third kappa shape index (κ3) is 3.85. The molecule has 2 nitrogen and oxygen atoms in total. The molecule has 112 valence electrons. The first-order valence-electron chi connectivity index (χ1n) is 7.76. The quantitative estimate of drug-likeness (QED) is 0.552. The van der Waals surface area contributed by atoms with Crippen LogP contribution in [0.25, 0.3) is 10.8 Å². The lowest BCUT2D eigenvalue weighted by atomic mass is 10.0. The van der Waals surface area contributed by atoms with E-state index < -0.39 is 0 Å². The van der Waals surface area contributed by atoms with Crippen molar-refractivity contribution in [3.05, 3.63) is 54.6 Å². The fourth-order valence-corrected chi connectivity index (χ4v) is 2.48. The van der Waals surface area contributed by atoms with Gasteiger partial charge in [-0.2, -0.15) is 0 Å². The molecule has 2 rings (SSSR count). The normalized spacial score (nSPS) is 12.3. The minimum atomic E-state index is 0.285. The maximum Gasteiger partial charge on any atom is 0.131 e. The molecule has 2 heteroatoms.